The van der Waals surface area contributed by atoms with Gasteiger partial charge in [-0.3, -0.25) is 9.59 Å². The predicted octanol–water partition coefficient (Wildman–Crippen LogP) is 2.92. The number of anilines is 1. The van der Waals surface area contributed by atoms with Crippen molar-refractivity contribution in [3.8, 4) is 5.75 Å². The van der Waals surface area contributed by atoms with Crippen LogP contribution in [0.5, 0.6) is 5.75 Å². The van der Waals surface area contributed by atoms with Crippen molar-refractivity contribution < 1.29 is 14.3 Å². The first-order valence-electron chi connectivity index (χ1n) is 8.05. The van der Waals surface area contributed by atoms with E-state index >= 15 is 0 Å². The van der Waals surface area contributed by atoms with Crippen LogP contribution in [0.3, 0.4) is 0 Å². The van der Waals surface area contributed by atoms with Crippen molar-refractivity contribution in [1.82, 2.24) is 4.90 Å². The van der Waals surface area contributed by atoms with Crippen LogP contribution in [0, 0.1) is 11.3 Å². The molecule has 5 heteroatoms. The molecule has 0 spiro atoms. The standard InChI is InChI=1S/C18H26N2O3/c1-18(2,3)17(22)20-11-9-13(10-12-20)16(21)19-14-5-7-15(23-4)8-6-14/h5-8,13H,9-12H2,1-4H3,(H,19,21). The van der Waals surface area contributed by atoms with Gasteiger partial charge in [0.05, 0.1) is 7.11 Å². The number of carbonyl (C=O) groups excluding carboxylic acids is 2. The van der Waals surface area contributed by atoms with Gasteiger partial charge in [0.1, 0.15) is 5.75 Å². The van der Waals surface area contributed by atoms with Crippen LogP contribution in [0.15, 0.2) is 24.3 Å². The molecule has 1 fully saturated rings. The lowest BCUT2D eigenvalue weighted by atomic mass is 9.90. The molecule has 2 amide bonds. The Balaban J connectivity index is 1.87. The number of nitrogens with zero attached hydrogens (tertiary/aromatic N) is 1. The van der Waals surface area contributed by atoms with Crippen LogP contribution in [0.2, 0.25) is 0 Å². The Labute approximate surface area is 138 Å². The van der Waals surface area contributed by atoms with Gasteiger partial charge in [-0.25, -0.2) is 0 Å². The highest BCUT2D eigenvalue weighted by atomic mass is 16.5. The fourth-order valence-corrected chi connectivity index (χ4v) is 2.74. The van der Waals surface area contributed by atoms with Crippen molar-refractivity contribution in [2.45, 2.75) is 33.6 Å². The average molecular weight is 318 g/mol. The third-order valence-electron chi connectivity index (χ3n) is 4.15. The van der Waals surface area contributed by atoms with E-state index in [1.54, 1.807) is 7.11 Å². The normalized spacial score (nSPS) is 16.1. The summed E-state index contributed by atoms with van der Waals surface area (Å²) >= 11 is 0. The van der Waals surface area contributed by atoms with E-state index in [4.69, 9.17) is 4.74 Å². The quantitative estimate of drug-likeness (QED) is 0.932. The SMILES string of the molecule is COc1ccc(NC(=O)C2CCN(C(=O)C(C)(C)C)CC2)cc1. The Hall–Kier alpha value is -2.04. The lowest BCUT2D eigenvalue weighted by Crippen LogP contribution is -2.45. The summed E-state index contributed by atoms with van der Waals surface area (Å²) in [5, 5.41) is 2.94. The van der Waals surface area contributed by atoms with E-state index in [9.17, 15) is 9.59 Å². The molecule has 0 bridgehead atoms. The number of hydrogen-bond acceptors (Lipinski definition) is 3. The third-order valence-corrected chi connectivity index (χ3v) is 4.15. The van der Waals surface area contributed by atoms with Crippen molar-refractivity contribution >= 4 is 17.5 Å². The molecule has 1 aliphatic rings. The average Bonchev–Trinajstić information content (AvgIpc) is 2.54. The summed E-state index contributed by atoms with van der Waals surface area (Å²) in [6, 6.07) is 7.30. The van der Waals surface area contributed by atoms with Crippen molar-refractivity contribution in [2.75, 3.05) is 25.5 Å². The number of likely N-dealkylation sites (tertiary alicyclic amines) is 1. The number of methoxy groups -OCH3 is 1. The zero-order valence-corrected chi connectivity index (χ0v) is 14.4. The van der Waals surface area contributed by atoms with Crippen molar-refractivity contribution in [3.63, 3.8) is 0 Å². The molecule has 2 rings (SSSR count). The first-order valence-corrected chi connectivity index (χ1v) is 8.05. The number of carbonyl (C=O) groups is 2. The Morgan fingerprint density at radius 1 is 1.13 bits per heavy atom. The summed E-state index contributed by atoms with van der Waals surface area (Å²) in [4.78, 5) is 26.5. The summed E-state index contributed by atoms with van der Waals surface area (Å²) in [7, 11) is 1.61. The second-order valence-corrected chi connectivity index (χ2v) is 7.03. The van der Waals surface area contributed by atoms with Crippen LogP contribution in [0.1, 0.15) is 33.6 Å². The molecule has 0 saturated carbocycles. The topological polar surface area (TPSA) is 58.6 Å². The maximum atomic E-state index is 12.3. The monoisotopic (exact) mass is 318 g/mol. The Morgan fingerprint density at radius 3 is 2.17 bits per heavy atom. The van der Waals surface area contributed by atoms with Crippen molar-refractivity contribution in [1.29, 1.82) is 0 Å². The molecule has 1 aromatic carbocycles. The van der Waals surface area contributed by atoms with Crippen LogP contribution in [-0.4, -0.2) is 36.9 Å². The first kappa shape index (κ1) is 17.3. The van der Waals surface area contributed by atoms with Gasteiger partial charge < -0.3 is 15.0 Å². The molecule has 0 radical (unpaired) electrons. The Kier molecular flexibility index (Phi) is 5.29. The molecule has 1 saturated heterocycles. The first-order chi connectivity index (χ1) is 10.8. The van der Waals surface area contributed by atoms with Gasteiger partial charge in [0.2, 0.25) is 11.8 Å². The summed E-state index contributed by atoms with van der Waals surface area (Å²) in [6.07, 6.45) is 1.42. The molecule has 5 nitrogen and oxygen atoms in total. The minimum Gasteiger partial charge on any atom is -0.497 e. The van der Waals surface area contributed by atoms with Gasteiger partial charge in [0, 0.05) is 30.1 Å². The molecule has 0 atom stereocenters. The number of hydrogen-bond donors (Lipinski definition) is 1. The number of nitrogens with one attached hydrogen (secondary N) is 1. The molecule has 0 aromatic heterocycles. The van der Waals surface area contributed by atoms with Crippen molar-refractivity contribution in [2.24, 2.45) is 11.3 Å². The fourth-order valence-electron chi connectivity index (χ4n) is 2.74. The van der Waals surface area contributed by atoms with E-state index in [-0.39, 0.29) is 23.1 Å². The van der Waals surface area contributed by atoms with Crippen LogP contribution >= 0.6 is 0 Å². The maximum absolute atomic E-state index is 12.3. The van der Waals surface area contributed by atoms with Gasteiger partial charge in [-0.05, 0) is 37.1 Å². The lowest BCUT2D eigenvalue weighted by molar-refractivity contribution is -0.142. The van der Waals surface area contributed by atoms with Gasteiger partial charge in [-0.15, -0.1) is 0 Å². The van der Waals surface area contributed by atoms with Crippen LogP contribution in [0.25, 0.3) is 0 Å². The van der Waals surface area contributed by atoms with E-state index in [1.807, 2.05) is 49.9 Å². The number of rotatable bonds is 3. The number of piperidine rings is 1. The van der Waals surface area contributed by atoms with Gasteiger partial charge >= 0.3 is 0 Å². The molecule has 0 aliphatic carbocycles. The second-order valence-electron chi connectivity index (χ2n) is 7.03. The molecular formula is C18H26N2O3. The minimum absolute atomic E-state index is 0.0259. The second kappa shape index (κ2) is 7.02. The van der Waals surface area contributed by atoms with Crippen LogP contribution < -0.4 is 10.1 Å². The van der Waals surface area contributed by atoms with E-state index in [0.29, 0.717) is 25.9 Å². The molecular weight excluding hydrogens is 292 g/mol. The molecule has 0 unspecified atom stereocenters. The van der Waals surface area contributed by atoms with E-state index in [1.165, 1.54) is 0 Å². The third kappa shape index (κ3) is 4.47. The summed E-state index contributed by atoms with van der Waals surface area (Å²) in [6.45, 7) is 7.08. The number of ether oxygens (including phenoxy) is 1. The largest absolute Gasteiger partial charge is 0.497 e. The zero-order chi connectivity index (χ0) is 17.0. The zero-order valence-electron chi connectivity index (χ0n) is 14.4. The van der Waals surface area contributed by atoms with E-state index < -0.39 is 0 Å². The highest BCUT2D eigenvalue weighted by molar-refractivity contribution is 5.92. The van der Waals surface area contributed by atoms with Gasteiger partial charge in [-0.1, -0.05) is 20.8 Å². The van der Waals surface area contributed by atoms with Crippen LogP contribution in [0.4, 0.5) is 5.69 Å². The maximum Gasteiger partial charge on any atom is 0.227 e. The van der Waals surface area contributed by atoms with Gasteiger partial charge in [-0.2, -0.15) is 0 Å². The molecule has 1 N–H and O–H groups in total. The highest BCUT2D eigenvalue weighted by Gasteiger charge is 2.32. The van der Waals surface area contributed by atoms with Gasteiger partial charge in [0.25, 0.3) is 0 Å². The summed E-state index contributed by atoms with van der Waals surface area (Å²) < 4.78 is 5.10. The number of benzene rings is 1. The summed E-state index contributed by atoms with van der Waals surface area (Å²) in [5.74, 6) is 0.905. The molecule has 1 aliphatic heterocycles. The number of amides is 2. The molecule has 23 heavy (non-hydrogen) atoms. The van der Waals surface area contributed by atoms with Crippen LogP contribution in [-0.2, 0) is 9.59 Å². The Bertz CT molecular complexity index is 553. The fraction of sp³-hybridized carbons (Fsp3) is 0.556. The minimum atomic E-state index is -0.363. The van der Waals surface area contributed by atoms with E-state index in [0.717, 1.165) is 11.4 Å². The van der Waals surface area contributed by atoms with Gasteiger partial charge in [0.15, 0.2) is 0 Å². The lowest BCUT2D eigenvalue weighted by Gasteiger charge is -2.35. The molecule has 1 heterocycles. The molecule has 1 aromatic rings. The summed E-state index contributed by atoms with van der Waals surface area (Å²) in [5.41, 5.74) is 0.405. The highest BCUT2D eigenvalue weighted by Crippen LogP contribution is 2.25. The predicted molar refractivity (Wildman–Crippen MR) is 90.4 cm³/mol. The Morgan fingerprint density at radius 2 is 1.70 bits per heavy atom. The van der Waals surface area contributed by atoms with Crippen molar-refractivity contribution in [3.05, 3.63) is 24.3 Å². The smallest absolute Gasteiger partial charge is 0.227 e. The molecule has 126 valence electrons. The van der Waals surface area contributed by atoms with E-state index in [2.05, 4.69) is 5.32 Å².